The minimum absolute atomic E-state index is 0.0248. The molecule has 2 aromatic carbocycles. The summed E-state index contributed by atoms with van der Waals surface area (Å²) < 4.78 is 40.2. The van der Waals surface area contributed by atoms with Crippen LogP contribution >= 0.6 is 23.2 Å². The number of anilines is 1. The third kappa shape index (κ3) is 4.86. The minimum Gasteiger partial charge on any atom is -0.507 e. The monoisotopic (exact) mass is 724 g/mol. The number of alkyl halides is 3. The van der Waals surface area contributed by atoms with Gasteiger partial charge < -0.3 is 5.11 Å². The number of amides is 4. The summed E-state index contributed by atoms with van der Waals surface area (Å²) in [6.07, 6.45) is -0.295. The highest BCUT2D eigenvalue weighted by molar-refractivity contribution is 6.33. The fraction of sp³-hybridized carbons (Fsp3) is 0.306. The van der Waals surface area contributed by atoms with Gasteiger partial charge in [0.05, 0.1) is 33.8 Å². The number of para-hydroxylation sites is 1. The van der Waals surface area contributed by atoms with Crippen LogP contribution in [-0.4, -0.2) is 50.7 Å². The van der Waals surface area contributed by atoms with E-state index in [1.54, 1.807) is 48.5 Å². The molecule has 3 heterocycles. The van der Waals surface area contributed by atoms with Crippen molar-refractivity contribution in [2.24, 2.45) is 23.7 Å². The van der Waals surface area contributed by atoms with Gasteiger partial charge in [0.15, 0.2) is 5.82 Å². The summed E-state index contributed by atoms with van der Waals surface area (Å²) in [6.45, 7) is 3.78. The number of fused-ring (bicyclic) bond motifs is 4. The maximum absolute atomic E-state index is 15.2. The van der Waals surface area contributed by atoms with Crippen molar-refractivity contribution in [3.05, 3.63) is 111 Å². The van der Waals surface area contributed by atoms with E-state index in [1.165, 1.54) is 7.05 Å². The van der Waals surface area contributed by atoms with Crippen LogP contribution in [0.5, 0.6) is 5.75 Å². The molecule has 50 heavy (non-hydrogen) atoms. The molecule has 0 bridgehead atoms. The van der Waals surface area contributed by atoms with Crippen molar-refractivity contribution in [1.82, 2.24) is 14.9 Å². The van der Waals surface area contributed by atoms with Gasteiger partial charge in [0, 0.05) is 29.7 Å². The van der Waals surface area contributed by atoms with Crippen LogP contribution in [0.3, 0.4) is 0 Å². The molecule has 0 radical (unpaired) electrons. The van der Waals surface area contributed by atoms with E-state index in [-0.39, 0.29) is 36.7 Å². The Morgan fingerprint density at radius 2 is 1.78 bits per heavy atom. The topological polar surface area (TPSA) is 120 Å². The van der Waals surface area contributed by atoms with Crippen LogP contribution in [0.15, 0.2) is 79.0 Å². The van der Waals surface area contributed by atoms with Gasteiger partial charge in [0.1, 0.15) is 5.75 Å². The fourth-order valence-corrected chi connectivity index (χ4v) is 8.78. The molecule has 2 aliphatic carbocycles. The molecule has 7 rings (SSSR count). The lowest BCUT2D eigenvalue weighted by atomic mass is 9.49. The quantitative estimate of drug-likeness (QED) is 0.221. The van der Waals surface area contributed by atoms with Crippen molar-refractivity contribution < 1.29 is 37.5 Å². The van der Waals surface area contributed by atoms with Crippen LogP contribution < -0.4 is 5.43 Å². The number of aromatic nitrogens is 1. The lowest BCUT2D eigenvalue weighted by Crippen LogP contribution is -2.53. The molecule has 14 heteroatoms. The zero-order chi connectivity index (χ0) is 35.9. The number of pyridine rings is 1. The van der Waals surface area contributed by atoms with Gasteiger partial charge in [-0.05, 0) is 54.5 Å². The number of nitrogens with zero attached hydrogens (tertiary/aromatic N) is 3. The number of carbonyl (C=O) groups is 4. The Bertz CT molecular complexity index is 2020. The molecule has 6 unspecified atom stereocenters. The van der Waals surface area contributed by atoms with Gasteiger partial charge in [-0.25, -0.2) is 4.98 Å². The van der Waals surface area contributed by atoms with Gasteiger partial charge in [-0.15, -0.1) is 6.58 Å². The molecule has 2 aliphatic heterocycles. The standard InChI is InChI=1S/C36H29Cl2F3N4O5/c1-3-5-17-6-4-7-23(29(17)46)28-21-12-13-22-27(33(49)44(2)31(22)47)24(21)15-25-32(48)45(34(50)35(25,28)18-8-10-20(37)11-9-18)43-30-26(38)14-19(16-42-30)36(39,40)41/h3-4,6-12,14,16,22,24-25,27-28,46H,1,5,13,15H2,2H3,(H,42,43). The van der Waals surface area contributed by atoms with Gasteiger partial charge in [0.25, 0.3) is 11.8 Å². The molecule has 258 valence electrons. The van der Waals surface area contributed by atoms with E-state index >= 15 is 4.79 Å². The Balaban J connectivity index is 1.47. The summed E-state index contributed by atoms with van der Waals surface area (Å²) >= 11 is 12.5. The largest absolute Gasteiger partial charge is 0.507 e. The summed E-state index contributed by atoms with van der Waals surface area (Å²) in [5.74, 6) is -7.12. The Morgan fingerprint density at radius 3 is 2.44 bits per heavy atom. The summed E-state index contributed by atoms with van der Waals surface area (Å²) in [4.78, 5) is 61.5. The molecule has 2 N–H and O–H groups in total. The van der Waals surface area contributed by atoms with E-state index in [0.29, 0.717) is 44.6 Å². The number of carbonyl (C=O) groups excluding carboxylic acids is 4. The highest BCUT2D eigenvalue weighted by Crippen LogP contribution is 2.65. The average molecular weight is 726 g/mol. The van der Waals surface area contributed by atoms with E-state index < -0.39 is 69.5 Å². The lowest BCUT2D eigenvalue weighted by molar-refractivity contribution is -0.140. The van der Waals surface area contributed by atoms with E-state index in [4.69, 9.17) is 23.2 Å². The number of phenolic OH excluding ortho intramolecular Hbond substituents is 1. The van der Waals surface area contributed by atoms with E-state index in [0.717, 1.165) is 4.90 Å². The molecule has 6 atom stereocenters. The number of phenols is 1. The van der Waals surface area contributed by atoms with Crippen molar-refractivity contribution in [3.63, 3.8) is 0 Å². The molecule has 1 aromatic heterocycles. The molecular formula is C36H29Cl2F3N4O5. The zero-order valence-electron chi connectivity index (χ0n) is 26.4. The van der Waals surface area contributed by atoms with Crippen molar-refractivity contribution >= 4 is 52.6 Å². The van der Waals surface area contributed by atoms with Crippen molar-refractivity contribution in [3.8, 4) is 5.75 Å². The summed E-state index contributed by atoms with van der Waals surface area (Å²) in [7, 11) is 1.42. The molecular weight excluding hydrogens is 696 g/mol. The zero-order valence-corrected chi connectivity index (χ0v) is 27.9. The number of imide groups is 2. The Hall–Kier alpha value is -4.68. The maximum Gasteiger partial charge on any atom is 0.417 e. The molecule has 9 nitrogen and oxygen atoms in total. The molecule has 1 saturated carbocycles. The second-order valence-electron chi connectivity index (χ2n) is 13.0. The Morgan fingerprint density at radius 1 is 1.06 bits per heavy atom. The third-order valence-corrected chi connectivity index (χ3v) is 11.1. The van der Waals surface area contributed by atoms with Crippen LogP contribution in [0.25, 0.3) is 0 Å². The van der Waals surface area contributed by atoms with Crippen LogP contribution in [0.4, 0.5) is 19.0 Å². The summed E-state index contributed by atoms with van der Waals surface area (Å²) in [5.41, 5.74) is 1.53. The van der Waals surface area contributed by atoms with Crippen LogP contribution in [0, 0.1) is 23.7 Å². The maximum atomic E-state index is 15.2. The predicted octanol–water partition coefficient (Wildman–Crippen LogP) is 6.46. The molecule has 0 spiro atoms. The minimum atomic E-state index is -4.74. The SMILES string of the molecule is C=CCc1cccc(C2C3=CCC4C(=O)N(C)C(=O)C4C3CC3C(=O)N(Nc4ncc(C(F)(F)F)cc4Cl)C(=O)C32c2ccc(Cl)cc2)c1O. The smallest absolute Gasteiger partial charge is 0.417 e. The number of aromatic hydroxyl groups is 1. The first kappa shape index (κ1) is 33.8. The van der Waals surface area contributed by atoms with Gasteiger partial charge in [-0.2, -0.15) is 18.2 Å². The van der Waals surface area contributed by atoms with Crippen LogP contribution in [0.1, 0.15) is 41.0 Å². The number of hydrazine groups is 1. The first-order valence-corrected chi connectivity index (χ1v) is 16.5. The first-order valence-electron chi connectivity index (χ1n) is 15.8. The van der Waals surface area contributed by atoms with E-state index in [9.17, 15) is 32.7 Å². The number of nitrogens with one attached hydrogen (secondary N) is 1. The number of halogens is 5. The van der Waals surface area contributed by atoms with Gasteiger partial charge in [-0.3, -0.25) is 29.5 Å². The number of allylic oxidation sites excluding steroid dienone is 3. The van der Waals surface area contributed by atoms with Gasteiger partial charge in [-0.1, -0.05) is 71.3 Å². The second kappa shape index (κ2) is 12.0. The predicted molar refractivity (Wildman–Crippen MR) is 177 cm³/mol. The molecule has 4 amide bonds. The molecule has 4 aliphatic rings. The normalized spacial score (nSPS) is 27.6. The fourth-order valence-electron chi connectivity index (χ4n) is 8.45. The average Bonchev–Trinajstić information content (AvgIpc) is 3.43. The van der Waals surface area contributed by atoms with Crippen molar-refractivity contribution in [1.29, 1.82) is 0 Å². The first-order chi connectivity index (χ1) is 23.7. The second-order valence-corrected chi connectivity index (χ2v) is 13.8. The Kier molecular flexibility index (Phi) is 8.10. The van der Waals surface area contributed by atoms with Gasteiger partial charge >= 0.3 is 6.18 Å². The Labute approximate surface area is 294 Å². The van der Waals surface area contributed by atoms with Crippen LogP contribution in [0.2, 0.25) is 10.0 Å². The van der Waals surface area contributed by atoms with E-state index in [1.807, 2.05) is 6.08 Å². The van der Waals surface area contributed by atoms with E-state index in [2.05, 4.69) is 17.0 Å². The molecule has 3 aromatic rings. The van der Waals surface area contributed by atoms with Crippen molar-refractivity contribution in [2.45, 2.75) is 36.8 Å². The number of hydrogen-bond donors (Lipinski definition) is 2. The third-order valence-electron chi connectivity index (χ3n) is 10.6. The highest BCUT2D eigenvalue weighted by atomic mass is 35.5. The summed E-state index contributed by atoms with van der Waals surface area (Å²) in [6, 6.07) is 12.1. The highest BCUT2D eigenvalue weighted by Gasteiger charge is 2.70. The molecule has 2 saturated heterocycles. The lowest BCUT2D eigenvalue weighted by Gasteiger charge is -2.50. The van der Waals surface area contributed by atoms with Crippen molar-refractivity contribution in [2.75, 3.05) is 12.5 Å². The molecule has 3 fully saturated rings. The summed E-state index contributed by atoms with van der Waals surface area (Å²) in [5, 5.41) is 12.4. The van der Waals surface area contributed by atoms with Gasteiger partial charge in [0.2, 0.25) is 11.8 Å². The van der Waals surface area contributed by atoms with Crippen LogP contribution in [-0.2, 0) is 37.2 Å². The number of hydrogen-bond acceptors (Lipinski definition) is 7. The number of rotatable bonds is 6. The number of benzene rings is 2. The number of likely N-dealkylation sites (tertiary alicyclic amines) is 1.